The number of hydrazone groups is 1. The molecular weight excluding hydrogens is 438 g/mol. The van der Waals surface area contributed by atoms with E-state index in [2.05, 4.69) is 36.0 Å². The molecule has 0 spiro atoms. The third-order valence-electron chi connectivity index (χ3n) is 5.52. The fourth-order valence-corrected chi connectivity index (χ4v) is 4.77. The number of hydrogen-bond acceptors (Lipinski definition) is 5. The highest BCUT2D eigenvalue weighted by Gasteiger charge is 2.20. The Morgan fingerprint density at radius 2 is 1.76 bits per heavy atom. The molecule has 2 aromatic rings. The van der Waals surface area contributed by atoms with E-state index in [9.17, 15) is 13.2 Å². The molecule has 1 amide bonds. The zero-order valence-corrected chi connectivity index (χ0v) is 20.3. The number of anilines is 1. The highest BCUT2D eigenvalue weighted by atomic mass is 32.2. The quantitative estimate of drug-likeness (QED) is 0.550. The second kappa shape index (κ2) is 10.7. The fourth-order valence-electron chi connectivity index (χ4n) is 3.71. The first kappa shape index (κ1) is 24.5. The lowest BCUT2D eigenvalue weighted by Gasteiger charge is -2.23. The highest BCUT2D eigenvalue weighted by molar-refractivity contribution is 7.92. The van der Waals surface area contributed by atoms with E-state index < -0.39 is 10.0 Å². The molecule has 0 aromatic heterocycles. The van der Waals surface area contributed by atoms with Crippen LogP contribution >= 0.6 is 0 Å². The number of allylic oxidation sites excluding steroid dienone is 2. The number of ether oxygens (including phenoxy) is 1. The molecule has 33 heavy (non-hydrogen) atoms. The van der Waals surface area contributed by atoms with Gasteiger partial charge in [0.2, 0.25) is 0 Å². The van der Waals surface area contributed by atoms with Crippen LogP contribution in [-0.4, -0.2) is 26.6 Å². The summed E-state index contributed by atoms with van der Waals surface area (Å²) in [4.78, 5) is 12.7. The van der Waals surface area contributed by atoms with Crippen LogP contribution in [0.2, 0.25) is 0 Å². The van der Waals surface area contributed by atoms with Gasteiger partial charge in [0.05, 0.1) is 17.2 Å². The molecule has 0 radical (unpaired) electrons. The van der Waals surface area contributed by atoms with E-state index in [1.54, 1.807) is 36.4 Å². The minimum Gasteiger partial charge on any atom is -0.494 e. The molecular formula is C25H31N3O4S. The molecule has 1 saturated carbocycles. The van der Waals surface area contributed by atoms with Crippen molar-refractivity contribution in [1.82, 2.24) is 5.43 Å². The van der Waals surface area contributed by atoms with E-state index in [1.165, 1.54) is 23.3 Å². The van der Waals surface area contributed by atoms with Gasteiger partial charge in [0.25, 0.3) is 15.9 Å². The molecule has 3 rings (SSSR count). The zero-order valence-electron chi connectivity index (χ0n) is 19.5. The van der Waals surface area contributed by atoms with Crippen molar-refractivity contribution in [2.24, 2.45) is 11.0 Å². The van der Waals surface area contributed by atoms with Gasteiger partial charge >= 0.3 is 0 Å². The lowest BCUT2D eigenvalue weighted by molar-refractivity contribution is 0.0954. The largest absolute Gasteiger partial charge is 0.494 e. The third kappa shape index (κ3) is 6.44. The Bertz CT molecular complexity index is 1150. The van der Waals surface area contributed by atoms with Crippen LogP contribution in [0.4, 0.5) is 5.69 Å². The van der Waals surface area contributed by atoms with Gasteiger partial charge in [-0.05, 0) is 100 Å². The first-order chi connectivity index (χ1) is 15.7. The van der Waals surface area contributed by atoms with Gasteiger partial charge in [-0.25, -0.2) is 13.8 Å². The maximum absolute atomic E-state index is 12.6. The summed E-state index contributed by atoms with van der Waals surface area (Å²) in [6.45, 7) is 8.68. The van der Waals surface area contributed by atoms with E-state index in [-0.39, 0.29) is 10.8 Å². The van der Waals surface area contributed by atoms with Crippen LogP contribution in [0.1, 0.15) is 57.3 Å². The average Bonchev–Trinajstić information content (AvgIpc) is 2.78. The Morgan fingerprint density at radius 3 is 2.36 bits per heavy atom. The number of benzene rings is 2. The Hall–Kier alpha value is -3.13. The zero-order chi connectivity index (χ0) is 24.0. The van der Waals surface area contributed by atoms with Gasteiger partial charge in [-0.3, -0.25) is 9.52 Å². The van der Waals surface area contributed by atoms with Crippen LogP contribution in [0.3, 0.4) is 0 Å². The van der Waals surface area contributed by atoms with Gasteiger partial charge < -0.3 is 4.74 Å². The lowest BCUT2D eigenvalue weighted by atomic mass is 9.83. The summed E-state index contributed by atoms with van der Waals surface area (Å²) in [6, 6.07) is 12.4. The second-order valence-corrected chi connectivity index (χ2v) is 10.1. The normalized spacial score (nSPS) is 17.5. The molecule has 2 aromatic carbocycles. The number of amides is 1. The van der Waals surface area contributed by atoms with E-state index in [0.29, 0.717) is 29.5 Å². The van der Waals surface area contributed by atoms with Crippen LogP contribution in [0.15, 0.2) is 69.7 Å². The molecule has 1 aliphatic rings. The second-order valence-electron chi connectivity index (χ2n) is 8.41. The van der Waals surface area contributed by atoms with Gasteiger partial charge in [-0.1, -0.05) is 12.5 Å². The Balaban J connectivity index is 1.67. The molecule has 0 unspecified atom stereocenters. The van der Waals surface area contributed by atoms with Crippen LogP contribution in [0.25, 0.3) is 0 Å². The molecule has 2 N–H and O–H groups in total. The molecule has 1 fully saturated rings. The molecule has 8 heteroatoms. The lowest BCUT2D eigenvalue weighted by Crippen LogP contribution is -2.24. The third-order valence-corrected chi connectivity index (χ3v) is 6.91. The van der Waals surface area contributed by atoms with Crippen molar-refractivity contribution in [2.75, 3.05) is 11.3 Å². The molecule has 1 atom stereocenters. The van der Waals surface area contributed by atoms with Gasteiger partial charge in [-0.2, -0.15) is 5.10 Å². The standard InChI is InChI=1S/C25H31N3O4S/c1-5-32-21-11-13-22(14-12-21)33(30,31)28-20-9-7-19(8-10-20)25(29)27-26-24-16-18(4)6-15-23(24)17(2)3/h7-14,18,28H,5-6,15-16H2,1-4H3,(H,27,29)/b26-24+/t18-/m0/s1. The van der Waals surface area contributed by atoms with Gasteiger partial charge in [0, 0.05) is 11.3 Å². The van der Waals surface area contributed by atoms with E-state index in [1.807, 2.05) is 6.92 Å². The SMILES string of the molecule is CCOc1ccc(S(=O)(=O)Nc2ccc(C(=O)N/N=C3\C[C@@H](C)CCC3=C(C)C)cc2)cc1. The Kier molecular flexibility index (Phi) is 7.92. The number of nitrogens with zero attached hydrogens (tertiary/aromatic N) is 1. The predicted molar refractivity (Wildman–Crippen MR) is 131 cm³/mol. The van der Waals surface area contributed by atoms with Crippen molar-refractivity contribution in [3.05, 3.63) is 65.2 Å². The molecule has 0 heterocycles. The Labute approximate surface area is 196 Å². The van der Waals surface area contributed by atoms with Crippen molar-refractivity contribution in [2.45, 2.75) is 51.9 Å². The first-order valence-electron chi connectivity index (χ1n) is 11.1. The number of sulfonamides is 1. The number of carbonyl (C=O) groups excluding carboxylic acids is 1. The summed E-state index contributed by atoms with van der Waals surface area (Å²) < 4.78 is 33.1. The topological polar surface area (TPSA) is 96.9 Å². The molecule has 1 aliphatic carbocycles. The van der Waals surface area contributed by atoms with Crippen LogP contribution in [0, 0.1) is 5.92 Å². The summed E-state index contributed by atoms with van der Waals surface area (Å²) in [5, 5.41) is 4.39. The molecule has 176 valence electrons. The van der Waals surface area contributed by atoms with Gasteiger partial charge in [0.1, 0.15) is 5.75 Å². The molecule has 0 aliphatic heterocycles. The van der Waals surface area contributed by atoms with Crippen LogP contribution in [-0.2, 0) is 10.0 Å². The van der Waals surface area contributed by atoms with E-state index >= 15 is 0 Å². The van der Waals surface area contributed by atoms with Gasteiger partial charge in [0.15, 0.2) is 0 Å². The maximum Gasteiger partial charge on any atom is 0.271 e. The highest BCUT2D eigenvalue weighted by Crippen LogP contribution is 2.28. The van der Waals surface area contributed by atoms with Crippen molar-refractivity contribution in [3.63, 3.8) is 0 Å². The van der Waals surface area contributed by atoms with Crippen LogP contribution in [0.5, 0.6) is 5.75 Å². The molecule has 0 saturated heterocycles. The number of carbonyl (C=O) groups is 1. The van der Waals surface area contributed by atoms with Crippen molar-refractivity contribution in [1.29, 1.82) is 0 Å². The van der Waals surface area contributed by atoms with E-state index in [0.717, 1.165) is 25.0 Å². The first-order valence-corrected chi connectivity index (χ1v) is 12.6. The minimum atomic E-state index is -3.76. The summed E-state index contributed by atoms with van der Waals surface area (Å²) in [5.41, 5.74) is 6.77. The summed E-state index contributed by atoms with van der Waals surface area (Å²) in [7, 11) is -3.76. The maximum atomic E-state index is 12.6. The predicted octanol–water partition coefficient (Wildman–Crippen LogP) is 5.13. The summed E-state index contributed by atoms with van der Waals surface area (Å²) in [5.74, 6) is 0.802. The molecule has 0 bridgehead atoms. The number of hydrogen-bond donors (Lipinski definition) is 2. The monoisotopic (exact) mass is 469 g/mol. The number of nitrogens with one attached hydrogen (secondary N) is 2. The average molecular weight is 470 g/mol. The summed E-state index contributed by atoms with van der Waals surface area (Å²) in [6.07, 6.45) is 2.94. The molecule has 7 nitrogen and oxygen atoms in total. The van der Waals surface area contributed by atoms with Gasteiger partial charge in [-0.15, -0.1) is 0 Å². The fraction of sp³-hybridized carbons (Fsp3) is 0.360. The number of rotatable bonds is 7. The van der Waals surface area contributed by atoms with Crippen LogP contribution < -0.4 is 14.9 Å². The van der Waals surface area contributed by atoms with E-state index in [4.69, 9.17) is 4.74 Å². The Morgan fingerprint density at radius 1 is 1.09 bits per heavy atom. The van der Waals surface area contributed by atoms with Crippen molar-refractivity contribution in [3.8, 4) is 5.75 Å². The summed E-state index contributed by atoms with van der Waals surface area (Å²) >= 11 is 0. The minimum absolute atomic E-state index is 0.125. The smallest absolute Gasteiger partial charge is 0.271 e. The van der Waals surface area contributed by atoms with Crippen molar-refractivity contribution < 1.29 is 17.9 Å². The van der Waals surface area contributed by atoms with Crippen molar-refractivity contribution >= 4 is 27.3 Å².